The molecule has 110 valence electrons. The average Bonchev–Trinajstić information content (AvgIpc) is 2.42. The highest BCUT2D eigenvalue weighted by Gasteiger charge is 2.19. The average molecular weight is 341 g/mol. The van der Waals surface area contributed by atoms with E-state index in [1.807, 2.05) is 6.92 Å². The van der Waals surface area contributed by atoms with Gasteiger partial charge in [0.15, 0.2) is 0 Å². The van der Waals surface area contributed by atoms with Crippen molar-refractivity contribution in [3.8, 4) is 0 Å². The first-order valence-electron chi connectivity index (χ1n) is 5.99. The van der Waals surface area contributed by atoms with Crippen LogP contribution in [0.15, 0.2) is 47.4 Å². The minimum atomic E-state index is -3.79. The van der Waals surface area contributed by atoms with Crippen LogP contribution in [0.4, 0.5) is 5.69 Å². The molecule has 0 atom stereocenters. The van der Waals surface area contributed by atoms with Gasteiger partial charge in [0.2, 0.25) is 0 Å². The van der Waals surface area contributed by atoms with E-state index in [1.165, 1.54) is 6.07 Å². The van der Waals surface area contributed by atoms with Crippen molar-refractivity contribution in [1.82, 2.24) is 0 Å². The fourth-order valence-corrected chi connectivity index (χ4v) is 3.47. The molecule has 0 unspecified atom stereocenters. The van der Waals surface area contributed by atoms with Crippen molar-refractivity contribution in [2.75, 3.05) is 4.72 Å². The molecule has 0 fully saturated rings. The number of aryl methyl sites for hydroxylation is 1. The molecule has 0 amide bonds. The quantitative estimate of drug-likeness (QED) is 0.839. The molecule has 7 heteroatoms. The third-order valence-electron chi connectivity index (χ3n) is 2.87. The van der Waals surface area contributed by atoms with Gasteiger partial charge in [-0.25, -0.2) is 8.42 Å². The zero-order chi connectivity index (χ0) is 15.6. The van der Waals surface area contributed by atoms with Gasteiger partial charge in [-0.05, 0) is 30.7 Å². The van der Waals surface area contributed by atoms with Crippen molar-refractivity contribution < 1.29 is 8.42 Å². The van der Waals surface area contributed by atoms with Crippen LogP contribution in [0.1, 0.15) is 11.1 Å². The Morgan fingerprint density at radius 1 is 1.24 bits per heavy atom. The second kappa shape index (κ2) is 6.01. The summed E-state index contributed by atoms with van der Waals surface area (Å²) < 4.78 is 27.4. The van der Waals surface area contributed by atoms with E-state index in [9.17, 15) is 8.42 Å². The molecule has 2 aromatic carbocycles. The van der Waals surface area contributed by atoms with Crippen LogP contribution >= 0.6 is 23.8 Å². The lowest BCUT2D eigenvalue weighted by Crippen LogP contribution is -2.19. The summed E-state index contributed by atoms with van der Waals surface area (Å²) in [4.78, 5) is 0.0621. The van der Waals surface area contributed by atoms with E-state index in [-0.39, 0.29) is 9.88 Å². The molecule has 21 heavy (non-hydrogen) atoms. The zero-order valence-corrected chi connectivity index (χ0v) is 13.5. The minimum absolute atomic E-state index is 0.0258. The molecule has 0 spiro atoms. The van der Waals surface area contributed by atoms with Crippen molar-refractivity contribution in [3.63, 3.8) is 0 Å². The number of hydrogen-bond donors (Lipinski definition) is 2. The van der Waals surface area contributed by atoms with Crippen LogP contribution in [0.5, 0.6) is 0 Å². The van der Waals surface area contributed by atoms with E-state index in [1.54, 1.807) is 36.4 Å². The summed E-state index contributed by atoms with van der Waals surface area (Å²) in [5, 5.41) is 0.484. The molecule has 3 N–H and O–H groups in total. The van der Waals surface area contributed by atoms with Gasteiger partial charge in [-0.1, -0.05) is 48.1 Å². The van der Waals surface area contributed by atoms with Gasteiger partial charge in [0.1, 0.15) is 4.99 Å². The molecular weight excluding hydrogens is 328 g/mol. The number of nitrogens with two attached hydrogens (primary N) is 1. The number of benzene rings is 2. The molecule has 0 aliphatic heterocycles. The molecule has 2 rings (SSSR count). The van der Waals surface area contributed by atoms with Crippen molar-refractivity contribution in [3.05, 3.63) is 58.6 Å². The van der Waals surface area contributed by atoms with Crippen molar-refractivity contribution in [1.29, 1.82) is 0 Å². The lowest BCUT2D eigenvalue weighted by atomic mass is 10.2. The first kappa shape index (κ1) is 15.8. The summed E-state index contributed by atoms with van der Waals surface area (Å²) in [5.41, 5.74) is 7.11. The molecule has 0 saturated carbocycles. The van der Waals surface area contributed by atoms with E-state index in [0.29, 0.717) is 16.3 Å². The molecule has 0 aliphatic carbocycles. The molecule has 0 bridgehead atoms. The van der Waals surface area contributed by atoms with Crippen LogP contribution in [0.3, 0.4) is 0 Å². The van der Waals surface area contributed by atoms with E-state index in [4.69, 9.17) is 29.6 Å². The molecule has 0 aromatic heterocycles. The van der Waals surface area contributed by atoms with Gasteiger partial charge in [0.25, 0.3) is 10.0 Å². The standard InChI is InChI=1S/C14H13ClN2O2S2/c1-9-6-7-10(8-12(9)15)17-21(18,19)13-5-3-2-4-11(13)14(16)20/h2-8,17H,1H3,(H2,16,20). The molecule has 0 heterocycles. The number of anilines is 1. The second-order valence-corrected chi connectivity index (χ2v) is 6.93. The molecule has 4 nitrogen and oxygen atoms in total. The number of nitrogens with one attached hydrogen (secondary N) is 1. The Hall–Kier alpha value is -1.63. The summed E-state index contributed by atoms with van der Waals surface area (Å²) in [7, 11) is -3.79. The summed E-state index contributed by atoms with van der Waals surface area (Å²) in [5.74, 6) is 0. The van der Waals surface area contributed by atoms with E-state index < -0.39 is 10.0 Å². The van der Waals surface area contributed by atoms with Gasteiger partial charge in [-0.2, -0.15) is 0 Å². The number of sulfonamides is 1. The van der Waals surface area contributed by atoms with Gasteiger partial charge >= 0.3 is 0 Å². The SMILES string of the molecule is Cc1ccc(NS(=O)(=O)c2ccccc2C(N)=S)cc1Cl. The normalized spacial score (nSPS) is 11.1. The predicted octanol–water partition coefficient (Wildman–Crippen LogP) is 3.08. The van der Waals surface area contributed by atoms with Crippen LogP contribution < -0.4 is 10.5 Å². The van der Waals surface area contributed by atoms with Crippen LogP contribution in [0.2, 0.25) is 5.02 Å². The molecule has 2 aromatic rings. The monoisotopic (exact) mass is 340 g/mol. The first-order valence-corrected chi connectivity index (χ1v) is 8.26. The van der Waals surface area contributed by atoms with Gasteiger partial charge in [0.05, 0.1) is 10.6 Å². The Morgan fingerprint density at radius 3 is 2.52 bits per heavy atom. The Kier molecular flexibility index (Phi) is 4.51. The highest BCUT2D eigenvalue weighted by Crippen LogP contribution is 2.24. The predicted molar refractivity (Wildman–Crippen MR) is 89.3 cm³/mol. The highest BCUT2D eigenvalue weighted by molar-refractivity contribution is 7.93. The lowest BCUT2D eigenvalue weighted by Gasteiger charge is -2.12. The van der Waals surface area contributed by atoms with Gasteiger partial charge in [-0.3, -0.25) is 4.72 Å². The fraction of sp³-hybridized carbons (Fsp3) is 0.0714. The number of rotatable bonds is 4. The zero-order valence-electron chi connectivity index (χ0n) is 11.1. The largest absolute Gasteiger partial charge is 0.389 e. The van der Waals surface area contributed by atoms with Crippen LogP contribution in [0, 0.1) is 6.92 Å². The Bertz CT molecular complexity index is 804. The fourth-order valence-electron chi connectivity index (χ4n) is 1.77. The third kappa shape index (κ3) is 3.53. The number of thiocarbonyl (C=S) groups is 1. The van der Waals surface area contributed by atoms with Crippen LogP contribution in [-0.4, -0.2) is 13.4 Å². The van der Waals surface area contributed by atoms with Crippen molar-refractivity contribution in [2.24, 2.45) is 5.73 Å². The Labute approximate surface area is 134 Å². The lowest BCUT2D eigenvalue weighted by molar-refractivity contribution is 0.601. The van der Waals surface area contributed by atoms with E-state index in [2.05, 4.69) is 4.72 Å². The number of halogens is 1. The molecule has 0 saturated heterocycles. The molecule has 0 radical (unpaired) electrons. The second-order valence-electron chi connectivity index (χ2n) is 4.43. The topological polar surface area (TPSA) is 72.2 Å². The smallest absolute Gasteiger partial charge is 0.262 e. The maximum absolute atomic E-state index is 12.5. The number of hydrogen-bond acceptors (Lipinski definition) is 3. The van der Waals surface area contributed by atoms with E-state index in [0.717, 1.165) is 5.56 Å². The maximum atomic E-state index is 12.5. The maximum Gasteiger partial charge on any atom is 0.262 e. The van der Waals surface area contributed by atoms with Crippen molar-refractivity contribution in [2.45, 2.75) is 11.8 Å². The summed E-state index contributed by atoms with van der Waals surface area (Å²) in [6, 6.07) is 11.2. The van der Waals surface area contributed by atoms with Crippen molar-refractivity contribution >= 4 is 44.5 Å². The molecular formula is C14H13ClN2O2S2. The highest BCUT2D eigenvalue weighted by atomic mass is 35.5. The van der Waals surface area contributed by atoms with E-state index >= 15 is 0 Å². The summed E-state index contributed by atoms with van der Waals surface area (Å²) >= 11 is 10.9. The van der Waals surface area contributed by atoms with Gasteiger partial charge in [0, 0.05) is 10.6 Å². The summed E-state index contributed by atoms with van der Waals surface area (Å²) in [6.07, 6.45) is 0. The summed E-state index contributed by atoms with van der Waals surface area (Å²) in [6.45, 7) is 1.84. The third-order valence-corrected chi connectivity index (χ3v) is 4.93. The first-order chi connectivity index (χ1) is 9.81. The Balaban J connectivity index is 2.43. The minimum Gasteiger partial charge on any atom is -0.389 e. The van der Waals surface area contributed by atoms with Gasteiger partial charge in [-0.15, -0.1) is 0 Å². The Morgan fingerprint density at radius 2 is 1.90 bits per heavy atom. The molecule has 0 aliphatic rings. The van der Waals surface area contributed by atoms with Crippen LogP contribution in [0.25, 0.3) is 0 Å². The van der Waals surface area contributed by atoms with Crippen LogP contribution in [-0.2, 0) is 10.0 Å². The van der Waals surface area contributed by atoms with Gasteiger partial charge < -0.3 is 5.73 Å².